The molecule has 0 atom stereocenters. The minimum atomic E-state index is -4.09. The molecule has 0 unspecified atom stereocenters. The Labute approximate surface area is 238 Å². The summed E-state index contributed by atoms with van der Waals surface area (Å²) in [5, 5.41) is 12.2. The first-order valence-electron chi connectivity index (χ1n) is 12.8. The van der Waals surface area contributed by atoms with Gasteiger partial charge in [0, 0.05) is 24.2 Å². The first-order valence-corrected chi connectivity index (χ1v) is 15.8. The molecule has 1 fully saturated rings. The fourth-order valence-corrected chi connectivity index (χ4v) is 7.03. The molecule has 0 amide bonds. The number of methoxy groups -OCH3 is 1. The fraction of sp³-hybridized carbons (Fsp3) is 0.259. The number of carbonyl (C=O) groups is 1. The predicted molar refractivity (Wildman–Crippen MR) is 150 cm³/mol. The lowest BCUT2D eigenvalue weighted by Gasteiger charge is -2.25. The topological polar surface area (TPSA) is 153 Å². The van der Waals surface area contributed by atoms with E-state index >= 15 is 0 Å². The van der Waals surface area contributed by atoms with Gasteiger partial charge in [0.25, 0.3) is 10.0 Å². The molecule has 5 rings (SSSR count). The second-order valence-corrected chi connectivity index (χ2v) is 13.0. The second kappa shape index (κ2) is 11.8. The number of benzene rings is 3. The molecule has 3 aromatic carbocycles. The van der Waals surface area contributed by atoms with Gasteiger partial charge in [0.2, 0.25) is 15.8 Å². The summed E-state index contributed by atoms with van der Waals surface area (Å²) < 4.78 is 61.4. The Morgan fingerprint density at radius 2 is 1.54 bits per heavy atom. The summed E-state index contributed by atoms with van der Waals surface area (Å²) in [6.45, 7) is 0.740. The number of ether oxygens (including phenoxy) is 1. The van der Waals surface area contributed by atoms with E-state index in [9.17, 15) is 21.6 Å². The van der Waals surface area contributed by atoms with Gasteiger partial charge < -0.3 is 4.74 Å². The van der Waals surface area contributed by atoms with Crippen LogP contribution < -0.4 is 9.46 Å². The van der Waals surface area contributed by atoms with E-state index in [4.69, 9.17) is 4.74 Å². The molecule has 0 radical (unpaired) electrons. The van der Waals surface area contributed by atoms with Crippen molar-refractivity contribution in [2.24, 2.45) is 0 Å². The second-order valence-electron chi connectivity index (χ2n) is 9.38. The van der Waals surface area contributed by atoms with Gasteiger partial charge in [-0.15, -0.1) is 10.2 Å². The largest absolute Gasteiger partial charge is 0.497 e. The van der Waals surface area contributed by atoms with Crippen molar-refractivity contribution in [3.05, 3.63) is 78.4 Å². The van der Waals surface area contributed by atoms with Crippen LogP contribution in [0.2, 0.25) is 0 Å². The number of rotatable bonds is 10. The Hall–Kier alpha value is -4.14. The minimum Gasteiger partial charge on any atom is -0.497 e. The van der Waals surface area contributed by atoms with Crippen LogP contribution in [0.3, 0.4) is 0 Å². The van der Waals surface area contributed by atoms with Gasteiger partial charge in [0.1, 0.15) is 12.3 Å². The zero-order chi connectivity index (χ0) is 29.0. The number of hydrogen-bond acceptors (Lipinski definition) is 9. The van der Waals surface area contributed by atoms with Crippen molar-refractivity contribution in [3.63, 3.8) is 0 Å². The molecule has 0 spiro atoms. The van der Waals surface area contributed by atoms with Gasteiger partial charge in [0.15, 0.2) is 5.78 Å². The predicted octanol–water partition coefficient (Wildman–Crippen LogP) is 3.21. The number of sulfonamides is 2. The first-order chi connectivity index (χ1) is 19.7. The SMILES string of the molecule is COc1ccc(C(=O)Cn2nnc(-c3ccccc3NS(=O)(=O)c3ccc(S(=O)(=O)N4CCCCC4)cc3)n2)cc1. The van der Waals surface area contributed by atoms with E-state index < -0.39 is 20.0 Å². The lowest BCUT2D eigenvalue weighted by atomic mass is 10.1. The van der Waals surface area contributed by atoms with E-state index in [-0.39, 0.29) is 33.6 Å². The van der Waals surface area contributed by atoms with Crippen LogP contribution in [-0.4, -0.2) is 67.3 Å². The normalized spacial score (nSPS) is 14.5. The van der Waals surface area contributed by atoms with Crippen LogP contribution in [0.5, 0.6) is 5.75 Å². The molecule has 1 saturated heterocycles. The van der Waals surface area contributed by atoms with Crippen molar-refractivity contribution in [1.82, 2.24) is 24.5 Å². The van der Waals surface area contributed by atoms with E-state index in [0.717, 1.165) is 24.1 Å². The van der Waals surface area contributed by atoms with Gasteiger partial charge in [0.05, 0.1) is 22.6 Å². The van der Waals surface area contributed by atoms with Crippen molar-refractivity contribution in [2.45, 2.75) is 35.6 Å². The van der Waals surface area contributed by atoms with Crippen LogP contribution in [-0.2, 0) is 26.6 Å². The van der Waals surface area contributed by atoms with E-state index in [1.54, 1.807) is 48.5 Å². The maximum atomic E-state index is 13.2. The molecule has 1 aliphatic heterocycles. The summed E-state index contributed by atoms with van der Waals surface area (Å²) in [6.07, 6.45) is 2.59. The lowest BCUT2D eigenvalue weighted by molar-refractivity contribution is 0.0961. The van der Waals surface area contributed by atoms with Crippen LogP contribution in [0, 0.1) is 0 Å². The average molecular weight is 597 g/mol. The van der Waals surface area contributed by atoms with Crippen molar-refractivity contribution >= 4 is 31.5 Å². The molecule has 1 aliphatic rings. The number of tetrazole rings is 1. The highest BCUT2D eigenvalue weighted by Gasteiger charge is 2.27. The van der Waals surface area contributed by atoms with E-state index in [0.29, 0.717) is 30.0 Å². The highest BCUT2D eigenvalue weighted by Crippen LogP contribution is 2.28. The van der Waals surface area contributed by atoms with Crippen molar-refractivity contribution in [1.29, 1.82) is 0 Å². The van der Waals surface area contributed by atoms with Crippen molar-refractivity contribution in [3.8, 4) is 17.1 Å². The number of aromatic nitrogens is 4. The number of ketones is 1. The first kappa shape index (κ1) is 28.4. The summed E-state index contributed by atoms with van der Waals surface area (Å²) in [6, 6.07) is 18.3. The third-order valence-corrected chi connectivity index (χ3v) is 9.94. The molecule has 0 saturated carbocycles. The lowest BCUT2D eigenvalue weighted by Crippen LogP contribution is -2.35. The summed E-state index contributed by atoms with van der Waals surface area (Å²) in [5.74, 6) is 0.505. The summed E-state index contributed by atoms with van der Waals surface area (Å²) in [4.78, 5) is 13.7. The number of anilines is 1. The van der Waals surface area contributed by atoms with Crippen molar-refractivity contribution < 1.29 is 26.4 Å². The van der Waals surface area contributed by atoms with Crippen LogP contribution in [0.4, 0.5) is 5.69 Å². The molecule has 14 heteroatoms. The van der Waals surface area contributed by atoms with Crippen molar-refractivity contribution in [2.75, 3.05) is 24.9 Å². The van der Waals surface area contributed by atoms with Gasteiger partial charge in [-0.3, -0.25) is 9.52 Å². The van der Waals surface area contributed by atoms with Gasteiger partial charge in [-0.05, 0) is 78.7 Å². The summed E-state index contributed by atoms with van der Waals surface area (Å²) in [5.41, 5.74) is 0.995. The number of para-hydroxylation sites is 1. The van der Waals surface area contributed by atoms with E-state index in [2.05, 4.69) is 20.1 Å². The molecule has 214 valence electrons. The number of Topliss-reactive ketones (excluding diaryl/α,β-unsaturated/α-hetero) is 1. The van der Waals surface area contributed by atoms with Crippen LogP contribution in [0.15, 0.2) is 82.6 Å². The van der Waals surface area contributed by atoms with Gasteiger partial charge in [-0.25, -0.2) is 16.8 Å². The number of piperidine rings is 1. The zero-order valence-corrected chi connectivity index (χ0v) is 23.8. The molecule has 0 bridgehead atoms. The number of nitrogens with one attached hydrogen (secondary N) is 1. The number of carbonyl (C=O) groups excluding carboxylic acids is 1. The van der Waals surface area contributed by atoms with Crippen LogP contribution in [0.1, 0.15) is 29.6 Å². The molecule has 1 N–H and O–H groups in total. The Kier molecular flexibility index (Phi) is 8.15. The van der Waals surface area contributed by atoms with E-state index in [1.807, 2.05) is 0 Å². The van der Waals surface area contributed by atoms with Gasteiger partial charge >= 0.3 is 0 Å². The fourth-order valence-electron chi connectivity index (χ4n) is 4.43. The quantitative estimate of drug-likeness (QED) is 0.272. The molecule has 0 aliphatic carbocycles. The molecule has 2 heterocycles. The Morgan fingerprint density at radius 1 is 0.878 bits per heavy atom. The maximum absolute atomic E-state index is 13.2. The molecular weight excluding hydrogens is 568 g/mol. The number of nitrogens with zero attached hydrogens (tertiary/aromatic N) is 5. The monoisotopic (exact) mass is 596 g/mol. The minimum absolute atomic E-state index is 0.0451. The zero-order valence-electron chi connectivity index (χ0n) is 22.2. The molecular formula is C27H28N6O6S2. The number of hydrogen-bond donors (Lipinski definition) is 1. The summed E-state index contributed by atoms with van der Waals surface area (Å²) >= 11 is 0. The molecule has 41 heavy (non-hydrogen) atoms. The Balaban J connectivity index is 1.32. The highest BCUT2D eigenvalue weighted by atomic mass is 32.2. The third kappa shape index (κ3) is 6.29. The van der Waals surface area contributed by atoms with Crippen LogP contribution in [0.25, 0.3) is 11.4 Å². The summed E-state index contributed by atoms with van der Waals surface area (Å²) in [7, 11) is -6.24. The smallest absolute Gasteiger partial charge is 0.261 e. The van der Waals surface area contributed by atoms with Crippen LogP contribution >= 0.6 is 0 Å². The van der Waals surface area contributed by atoms with E-state index in [1.165, 1.54) is 35.7 Å². The Morgan fingerprint density at radius 3 is 2.22 bits per heavy atom. The average Bonchev–Trinajstić information content (AvgIpc) is 3.46. The standard InChI is InChI=1S/C27H28N6O6S2/c1-39-21-11-9-20(10-12-21)26(34)19-33-29-27(28-31-33)24-7-3-4-8-25(24)30-40(35,36)22-13-15-23(16-14-22)41(37,38)32-17-5-2-6-18-32/h3-4,7-16,30H,2,5-6,17-19H2,1H3. The van der Waals surface area contributed by atoms with Gasteiger partial charge in [-0.2, -0.15) is 9.10 Å². The third-order valence-electron chi connectivity index (χ3n) is 6.65. The molecule has 4 aromatic rings. The molecule has 12 nitrogen and oxygen atoms in total. The highest BCUT2D eigenvalue weighted by molar-refractivity contribution is 7.92. The molecule has 1 aromatic heterocycles. The maximum Gasteiger partial charge on any atom is 0.261 e. The Bertz CT molecular complexity index is 1750. The van der Waals surface area contributed by atoms with Gasteiger partial charge in [-0.1, -0.05) is 18.6 Å².